The lowest BCUT2D eigenvalue weighted by molar-refractivity contribution is 0.410. The molecule has 172 valence electrons. The average Bonchev–Trinajstić information content (AvgIpc) is 2.82. The summed E-state index contributed by atoms with van der Waals surface area (Å²) >= 11 is 7.31. The van der Waals surface area contributed by atoms with E-state index in [1.54, 1.807) is 18.2 Å². The van der Waals surface area contributed by atoms with E-state index < -0.39 is 0 Å². The van der Waals surface area contributed by atoms with Crippen LogP contribution in [0.5, 0.6) is 28.7 Å². The van der Waals surface area contributed by atoms with Crippen LogP contribution in [0.4, 0.5) is 0 Å². The highest BCUT2D eigenvalue weighted by molar-refractivity contribution is 9.10. The fourth-order valence-electron chi connectivity index (χ4n) is 4.35. The van der Waals surface area contributed by atoms with Crippen LogP contribution in [0.15, 0.2) is 75.7 Å². The van der Waals surface area contributed by atoms with Crippen LogP contribution in [-0.4, -0.2) is 15.3 Å². The van der Waals surface area contributed by atoms with E-state index in [1.807, 2.05) is 48.5 Å². The van der Waals surface area contributed by atoms with Gasteiger partial charge in [0.25, 0.3) is 0 Å². The third-order valence-electron chi connectivity index (χ3n) is 6.19. The lowest BCUT2D eigenvalue weighted by atomic mass is 9.92. The predicted octanol–water partition coefficient (Wildman–Crippen LogP) is 7.67. The standard InChI is InChI=1S/C28H22Br2O4/c29-22-10-12-25(32)28-20(22)9-4-16-2-7-19(8-3-16)34-27-13-17(5-11-24(27)31)1-6-18-14-26(33)21(28)15-23(18)30/h2-3,5,7-8,10-15,31-33H,1,4,6,9H2. The van der Waals surface area contributed by atoms with Crippen molar-refractivity contribution >= 4 is 31.9 Å². The number of aryl methyl sites for hydroxylation is 3. The summed E-state index contributed by atoms with van der Waals surface area (Å²) in [6.07, 6.45) is 2.76. The molecule has 0 aliphatic carbocycles. The minimum Gasteiger partial charge on any atom is -0.507 e. The normalized spacial score (nSPS) is 13.1. The molecule has 3 N–H and O–H groups in total. The maximum atomic E-state index is 11.0. The summed E-state index contributed by atoms with van der Waals surface area (Å²) in [5.41, 5.74) is 5.20. The topological polar surface area (TPSA) is 69.9 Å². The molecule has 6 heteroatoms. The van der Waals surface area contributed by atoms with Crippen LogP contribution in [0.3, 0.4) is 0 Å². The van der Waals surface area contributed by atoms with Crippen molar-refractivity contribution < 1.29 is 20.1 Å². The maximum Gasteiger partial charge on any atom is 0.169 e. The highest BCUT2D eigenvalue weighted by atomic mass is 79.9. The van der Waals surface area contributed by atoms with Crippen LogP contribution in [-0.2, 0) is 25.7 Å². The van der Waals surface area contributed by atoms with Gasteiger partial charge in [-0.1, -0.05) is 50.1 Å². The second kappa shape index (κ2) is 9.35. The van der Waals surface area contributed by atoms with E-state index in [-0.39, 0.29) is 17.2 Å². The molecule has 0 spiro atoms. The Morgan fingerprint density at radius 2 is 1.32 bits per heavy atom. The highest BCUT2D eigenvalue weighted by Crippen LogP contribution is 2.44. The Hall–Kier alpha value is -2.96. The Kier molecular flexibility index (Phi) is 6.28. The van der Waals surface area contributed by atoms with Gasteiger partial charge in [0.1, 0.15) is 17.2 Å². The molecule has 0 fully saturated rings. The molecule has 8 rings (SSSR count). The summed E-state index contributed by atoms with van der Waals surface area (Å²) < 4.78 is 7.70. The molecule has 0 saturated heterocycles. The van der Waals surface area contributed by atoms with E-state index in [9.17, 15) is 15.3 Å². The van der Waals surface area contributed by atoms with Crippen molar-refractivity contribution in [1.29, 1.82) is 0 Å². The SMILES string of the molecule is Oc1ccc2cc1Oc1ccc(cc1)CCc1c(Br)ccc(O)c1-c1cc(Br)c(cc1O)CC2. The fourth-order valence-corrected chi connectivity index (χ4v) is 5.42. The van der Waals surface area contributed by atoms with E-state index >= 15 is 0 Å². The predicted molar refractivity (Wildman–Crippen MR) is 140 cm³/mol. The molecule has 0 aromatic heterocycles. The second-order valence-electron chi connectivity index (χ2n) is 8.43. The first-order chi connectivity index (χ1) is 16.4. The lowest BCUT2D eigenvalue weighted by Gasteiger charge is -2.17. The Morgan fingerprint density at radius 1 is 0.618 bits per heavy atom. The number of phenols is 3. The van der Waals surface area contributed by atoms with E-state index in [2.05, 4.69) is 31.9 Å². The van der Waals surface area contributed by atoms with Crippen molar-refractivity contribution in [3.05, 3.63) is 97.9 Å². The van der Waals surface area contributed by atoms with Gasteiger partial charge in [-0.05, 0) is 96.5 Å². The van der Waals surface area contributed by atoms with Crippen molar-refractivity contribution in [2.45, 2.75) is 25.7 Å². The number of hydrogen-bond donors (Lipinski definition) is 3. The van der Waals surface area contributed by atoms with Crippen molar-refractivity contribution in [3.8, 4) is 39.9 Å². The molecule has 0 unspecified atom stereocenters. The molecular weight excluding hydrogens is 560 g/mol. The van der Waals surface area contributed by atoms with Gasteiger partial charge in [0.15, 0.2) is 11.5 Å². The Balaban J connectivity index is 1.65. The molecule has 0 radical (unpaired) electrons. The van der Waals surface area contributed by atoms with Crippen LogP contribution >= 0.6 is 31.9 Å². The lowest BCUT2D eigenvalue weighted by Crippen LogP contribution is -1.99. The Labute approximate surface area is 214 Å². The molecule has 4 aliphatic rings. The number of phenolic OH excluding ortho intramolecular Hbond substituents is 3. The molecule has 0 amide bonds. The zero-order chi connectivity index (χ0) is 23.8. The first-order valence-corrected chi connectivity index (χ1v) is 12.6. The summed E-state index contributed by atoms with van der Waals surface area (Å²) in [5.74, 6) is 1.40. The van der Waals surface area contributed by atoms with Gasteiger partial charge in [-0.3, -0.25) is 0 Å². The number of hydrogen-bond acceptors (Lipinski definition) is 4. The fraction of sp³-hybridized carbons (Fsp3) is 0.143. The number of ether oxygens (including phenoxy) is 1. The zero-order valence-corrected chi connectivity index (χ0v) is 21.4. The Morgan fingerprint density at radius 3 is 2.12 bits per heavy atom. The summed E-state index contributed by atoms with van der Waals surface area (Å²) in [6, 6.07) is 20.2. The van der Waals surface area contributed by atoms with E-state index in [0.29, 0.717) is 41.9 Å². The summed E-state index contributed by atoms with van der Waals surface area (Å²) in [7, 11) is 0. The van der Waals surface area contributed by atoms with Gasteiger partial charge in [0, 0.05) is 20.1 Å². The van der Waals surface area contributed by atoms with Crippen molar-refractivity contribution in [2.24, 2.45) is 0 Å². The molecule has 4 nitrogen and oxygen atoms in total. The van der Waals surface area contributed by atoms with Crippen molar-refractivity contribution in [2.75, 3.05) is 0 Å². The summed E-state index contributed by atoms with van der Waals surface area (Å²) in [4.78, 5) is 0. The van der Waals surface area contributed by atoms with Gasteiger partial charge in [0.05, 0.1) is 0 Å². The van der Waals surface area contributed by atoms with Crippen LogP contribution in [0, 0.1) is 0 Å². The van der Waals surface area contributed by atoms with Crippen LogP contribution in [0.1, 0.15) is 22.3 Å². The number of halogens is 2. The van der Waals surface area contributed by atoms with Gasteiger partial charge < -0.3 is 20.1 Å². The minimum atomic E-state index is 0.0895. The molecule has 0 atom stereocenters. The maximum absolute atomic E-state index is 11.0. The van der Waals surface area contributed by atoms with Gasteiger partial charge in [0.2, 0.25) is 0 Å². The molecule has 34 heavy (non-hydrogen) atoms. The van der Waals surface area contributed by atoms with Gasteiger partial charge in [-0.15, -0.1) is 0 Å². The monoisotopic (exact) mass is 580 g/mol. The molecular formula is C28H22Br2O4. The summed E-state index contributed by atoms with van der Waals surface area (Å²) in [5, 5.41) is 32.1. The van der Waals surface area contributed by atoms with Crippen molar-refractivity contribution in [3.63, 3.8) is 0 Å². The van der Waals surface area contributed by atoms with Gasteiger partial charge >= 0.3 is 0 Å². The Bertz CT molecular complexity index is 1380. The van der Waals surface area contributed by atoms with E-state index in [0.717, 1.165) is 37.6 Å². The number of rotatable bonds is 0. The molecule has 4 aromatic carbocycles. The molecule has 0 saturated carbocycles. The quantitative estimate of drug-likeness (QED) is 0.199. The first kappa shape index (κ1) is 22.8. The number of aromatic hydroxyl groups is 3. The second-order valence-corrected chi connectivity index (χ2v) is 10.1. The third-order valence-corrected chi connectivity index (χ3v) is 7.67. The van der Waals surface area contributed by atoms with Crippen LogP contribution in [0.2, 0.25) is 0 Å². The first-order valence-electron chi connectivity index (χ1n) is 11.0. The van der Waals surface area contributed by atoms with Crippen LogP contribution < -0.4 is 4.74 Å². The largest absolute Gasteiger partial charge is 0.507 e. The number of benzene rings is 4. The minimum absolute atomic E-state index is 0.0895. The third kappa shape index (κ3) is 4.52. The van der Waals surface area contributed by atoms with E-state index in [1.165, 1.54) is 0 Å². The van der Waals surface area contributed by atoms with Crippen LogP contribution in [0.25, 0.3) is 11.1 Å². The van der Waals surface area contributed by atoms with E-state index in [4.69, 9.17) is 4.74 Å². The molecule has 4 heterocycles. The summed E-state index contributed by atoms with van der Waals surface area (Å²) in [6.45, 7) is 0. The molecule has 6 bridgehead atoms. The van der Waals surface area contributed by atoms with Crippen molar-refractivity contribution in [1.82, 2.24) is 0 Å². The average molecular weight is 582 g/mol. The van der Waals surface area contributed by atoms with Gasteiger partial charge in [-0.2, -0.15) is 0 Å². The molecule has 4 aliphatic heterocycles. The smallest absolute Gasteiger partial charge is 0.169 e. The highest BCUT2D eigenvalue weighted by Gasteiger charge is 2.19. The zero-order valence-electron chi connectivity index (χ0n) is 18.2. The van der Waals surface area contributed by atoms with Gasteiger partial charge in [-0.25, -0.2) is 0 Å². The molecule has 4 aromatic rings.